The van der Waals surface area contributed by atoms with Crippen molar-refractivity contribution in [2.45, 2.75) is 31.0 Å². The third-order valence-corrected chi connectivity index (χ3v) is 2.24. The van der Waals surface area contributed by atoms with E-state index in [2.05, 4.69) is 14.5 Å². The molecule has 2 unspecified atom stereocenters. The van der Waals surface area contributed by atoms with Crippen molar-refractivity contribution in [1.82, 2.24) is 0 Å². The van der Waals surface area contributed by atoms with E-state index < -0.39 is 42.1 Å². The number of nitrogens with two attached hydrogens (primary N) is 2. The van der Waals surface area contributed by atoms with Gasteiger partial charge in [0.1, 0.15) is 12.5 Å². The van der Waals surface area contributed by atoms with E-state index in [9.17, 15) is 19.2 Å². The molecule has 10 heteroatoms. The van der Waals surface area contributed by atoms with Crippen LogP contribution in [0, 0.1) is 0 Å². The molecule has 19 heavy (non-hydrogen) atoms. The van der Waals surface area contributed by atoms with Crippen LogP contribution in [0.25, 0.3) is 0 Å². The number of hydrogen-bond donors (Lipinski definition) is 3. The SMILES string of the molecule is NC1CCC(=O)OC(N)(C(=O)O)CC(=O)OOC1=O. The van der Waals surface area contributed by atoms with Gasteiger partial charge >= 0.3 is 23.9 Å². The molecule has 0 saturated carbocycles. The van der Waals surface area contributed by atoms with Gasteiger partial charge < -0.3 is 15.6 Å². The van der Waals surface area contributed by atoms with E-state index in [0.29, 0.717) is 0 Å². The average Bonchev–Trinajstić information content (AvgIpc) is 2.32. The predicted molar refractivity (Wildman–Crippen MR) is 54.7 cm³/mol. The van der Waals surface area contributed by atoms with Crippen LogP contribution < -0.4 is 11.5 Å². The van der Waals surface area contributed by atoms with E-state index in [1.54, 1.807) is 0 Å². The fourth-order valence-corrected chi connectivity index (χ4v) is 1.19. The number of ether oxygens (including phenoxy) is 1. The van der Waals surface area contributed by atoms with Crippen LogP contribution in [0.15, 0.2) is 0 Å². The van der Waals surface area contributed by atoms with Crippen molar-refractivity contribution in [3.63, 3.8) is 0 Å². The van der Waals surface area contributed by atoms with E-state index in [0.717, 1.165) is 0 Å². The molecule has 0 aromatic rings. The summed E-state index contributed by atoms with van der Waals surface area (Å²) in [5.41, 5.74) is 8.02. The minimum absolute atomic E-state index is 0.176. The molecule has 1 heterocycles. The van der Waals surface area contributed by atoms with Crippen molar-refractivity contribution in [2.24, 2.45) is 11.5 Å². The number of carboxylic acid groups (broad SMARTS) is 1. The highest BCUT2D eigenvalue weighted by Gasteiger charge is 2.42. The summed E-state index contributed by atoms with van der Waals surface area (Å²) in [5.74, 6) is -5.11. The minimum Gasteiger partial charge on any atom is -0.477 e. The van der Waals surface area contributed by atoms with Gasteiger partial charge in [-0.2, -0.15) is 0 Å². The Morgan fingerprint density at radius 2 is 1.89 bits per heavy atom. The van der Waals surface area contributed by atoms with Gasteiger partial charge in [-0.1, -0.05) is 0 Å². The van der Waals surface area contributed by atoms with Gasteiger partial charge in [0.05, 0.1) is 0 Å². The standard InChI is InChI=1S/C9H12N2O8/c10-4-1-2-5(12)17-9(11,8(15)16)3-6(13)18-19-7(4)14/h4H,1-3,10-11H2,(H,15,16). The van der Waals surface area contributed by atoms with Crippen LogP contribution >= 0.6 is 0 Å². The number of esters is 1. The number of carboxylic acids is 1. The van der Waals surface area contributed by atoms with Gasteiger partial charge in [-0.25, -0.2) is 24.2 Å². The maximum atomic E-state index is 11.4. The highest BCUT2D eigenvalue weighted by atomic mass is 17.2. The van der Waals surface area contributed by atoms with Crippen molar-refractivity contribution in [2.75, 3.05) is 0 Å². The molecule has 10 nitrogen and oxygen atoms in total. The molecule has 0 aliphatic carbocycles. The fourth-order valence-electron chi connectivity index (χ4n) is 1.19. The van der Waals surface area contributed by atoms with E-state index >= 15 is 0 Å². The molecule has 1 aliphatic heterocycles. The first-order valence-corrected chi connectivity index (χ1v) is 5.15. The van der Waals surface area contributed by atoms with Crippen molar-refractivity contribution >= 4 is 23.9 Å². The van der Waals surface area contributed by atoms with Crippen LogP contribution in [0.5, 0.6) is 0 Å². The second-order valence-electron chi connectivity index (χ2n) is 3.85. The van der Waals surface area contributed by atoms with E-state index in [1.807, 2.05) is 0 Å². The number of carbonyl (C=O) groups is 4. The lowest BCUT2D eigenvalue weighted by atomic mass is 10.1. The second-order valence-corrected chi connectivity index (χ2v) is 3.85. The quantitative estimate of drug-likeness (QED) is 0.352. The Balaban J connectivity index is 2.92. The zero-order valence-electron chi connectivity index (χ0n) is 9.66. The Morgan fingerprint density at radius 3 is 2.47 bits per heavy atom. The number of rotatable bonds is 1. The maximum Gasteiger partial charge on any atom is 0.372 e. The lowest BCUT2D eigenvalue weighted by Gasteiger charge is -2.22. The number of carbonyl (C=O) groups excluding carboxylic acids is 3. The fraction of sp³-hybridized carbons (Fsp3) is 0.556. The first-order valence-electron chi connectivity index (χ1n) is 5.15. The van der Waals surface area contributed by atoms with Gasteiger partial charge in [-0.15, -0.1) is 0 Å². The number of aliphatic carboxylic acids is 1. The van der Waals surface area contributed by atoms with Crippen molar-refractivity contribution < 1.29 is 38.8 Å². The Kier molecular flexibility index (Phi) is 4.40. The molecular formula is C9H12N2O8. The highest BCUT2D eigenvalue weighted by molar-refractivity contribution is 5.87. The number of hydrogen-bond acceptors (Lipinski definition) is 9. The van der Waals surface area contributed by atoms with Gasteiger partial charge in [0.15, 0.2) is 0 Å². The average molecular weight is 276 g/mol. The van der Waals surface area contributed by atoms with Crippen LogP contribution in [0.2, 0.25) is 0 Å². The summed E-state index contributed by atoms with van der Waals surface area (Å²) in [6, 6.07) is -1.21. The normalized spacial score (nSPS) is 29.6. The summed E-state index contributed by atoms with van der Waals surface area (Å²) < 4.78 is 4.50. The molecule has 1 saturated heterocycles. The Hall–Kier alpha value is -2.20. The molecular weight excluding hydrogens is 264 g/mol. The van der Waals surface area contributed by atoms with Crippen LogP contribution in [-0.2, 0) is 33.7 Å². The topological polar surface area (TPSA) is 168 Å². The van der Waals surface area contributed by atoms with Crippen LogP contribution in [0.1, 0.15) is 19.3 Å². The molecule has 2 atom stereocenters. The zero-order chi connectivity index (χ0) is 14.6. The van der Waals surface area contributed by atoms with Gasteiger partial charge in [0, 0.05) is 6.42 Å². The summed E-state index contributed by atoms with van der Waals surface area (Å²) in [6.45, 7) is 0. The smallest absolute Gasteiger partial charge is 0.372 e. The van der Waals surface area contributed by atoms with E-state index in [1.165, 1.54) is 0 Å². The predicted octanol–water partition coefficient (Wildman–Crippen LogP) is -2.22. The minimum atomic E-state index is -2.59. The lowest BCUT2D eigenvalue weighted by molar-refractivity contribution is -0.262. The summed E-state index contributed by atoms with van der Waals surface area (Å²) in [4.78, 5) is 52.8. The summed E-state index contributed by atoms with van der Waals surface area (Å²) in [7, 11) is 0. The molecule has 0 aromatic carbocycles. The molecule has 1 fully saturated rings. The highest BCUT2D eigenvalue weighted by Crippen LogP contribution is 2.15. The summed E-state index contributed by atoms with van der Waals surface area (Å²) in [5, 5.41) is 8.84. The molecule has 0 bridgehead atoms. The Labute approximate surface area is 106 Å². The molecule has 0 aromatic heterocycles. The van der Waals surface area contributed by atoms with Crippen LogP contribution in [-0.4, -0.2) is 40.8 Å². The number of cyclic esters (lactones) is 1. The van der Waals surface area contributed by atoms with Crippen molar-refractivity contribution in [3.8, 4) is 0 Å². The van der Waals surface area contributed by atoms with Gasteiger partial charge in [-0.3, -0.25) is 10.5 Å². The third-order valence-electron chi connectivity index (χ3n) is 2.24. The zero-order valence-corrected chi connectivity index (χ0v) is 9.66. The Bertz CT molecular complexity index is 422. The molecule has 106 valence electrons. The first kappa shape index (κ1) is 14.9. The first-order chi connectivity index (χ1) is 8.74. The van der Waals surface area contributed by atoms with Gasteiger partial charge in [0.2, 0.25) is 0 Å². The lowest BCUT2D eigenvalue weighted by Crippen LogP contribution is -2.53. The third kappa shape index (κ3) is 3.89. The monoisotopic (exact) mass is 276 g/mol. The van der Waals surface area contributed by atoms with Crippen molar-refractivity contribution in [3.05, 3.63) is 0 Å². The van der Waals surface area contributed by atoms with Crippen LogP contribution in [0.4, 0.5) is 0 Å². The molecule has 1 rings (SSSR count). The van der Waals surface area contributed by atoms with E-state index in [4.69, 9.17) is 16.6 Å². The molecule has 1 aliphatic rings. The molecule has 5 N–H and O–H groups in total. The molecule has 0 radical (unpaired) electrons. The second kappa shape index (κ2) is 5.63. The van der Waals surface area contributed by atoms with Gasteiger partial charge in [-0.05, 0) is 6.42 Å². The van der Waals surface area contributed by atoms with Gasteiger partial charge in [0.25, 0.3) is 5.72 Å². The maximum absolute atomic E-state index is 11.4. The largest absolute Gasteiger partial charge is 0.477 e. The summed E-state index contributed by atoms with van der Waals surface area (Å²) in [6.07, 6.45) is -1.56. The molecule has 0 amide bonds. The summed E-state index contributed by atoms with van der Waals surface area (Å²) >= 11 is 0. The van der Waals surface area contributed by atoms with Crippen LogP contribution in [0.3, 0.4) is 0 Å². The van der Waals surface area contributed by atoms with Crippen molar-refractivity contribution in [1.29, 1.82) is 0 Å². The van der Waals surface area contributed by atoms with E-state index in [-0.39, 0.29) is 12.8 Å². The molecule has 0 spiro atoms. The Morgan fingerprint density at radius 1 is 1.26 bits per heavy atom.